The Kier molecular flexibility index (Phi) is 8.24. The van der Waals surface area contributed by atoms with Gasteiger partial charge in [0.15, 0.2) is 5.82 Å². The average Bonchev–Trinajstić information content (AvgIpc) is 3.25. The quantitative estimate of drug-likeness (QED) is 0.526. The van der Waals surface area contributed by atoms with Gasteiger partial charge in [0.25, 0.3) is 5.91 Å². The second-order valence-corrected chi connectivity index (χ2v) is 9.17. The van der Waals surface area contributed by atoms with Crippen molar-refractivity contribution in [1.29, 1.82) is 0 Å². The van der Waals surface area contributed by atoms with Crippen LogP contribution in [-0.4, -0.2) is 44.7 Å². The molecule has 0 radical (unpaired) electrons. The van der Waals surface area contributed by atoms with E-state index in [1.807, 2.05) is 23.1 Å². The fourth-order valence-corrected chi connectivity index (χ4v) is 5.39. The number of hydrogen-bond donors (Lipinski definition) is 1. The van der Waals surface area contributed by atoms with E-state index in [0.717, 1.165) is 30.7 Å². The normalized spacial score (nSPS) is 21.9. The Morgan fingerprint density at radius 1 is 1.03 bits per heavy atom. The van der Waals surface area contributed by atoms with E-state index in [9.17, 15) is 9.18 Å². The van der Waals surface area contributed by atoms with E-state index in [2.05, 4.69) is 16.3 Å². The number of rotatable bonds is 4. The molecule has 0 spiro atoms. The Hall–Kier alpha value is -2.19. The number of fused-ring (bicyclic) bond motifs is 1. The predicted octanol–water partition coefficient (Wildman–Crippen LogP) is 4.88. The van der Waals surface area contributed by atoms with E-state index in [1.165, 1.54) is 17.7 Å². The third-order valence-corrected chi connectivity index (χ3v) is 7.27. The average molecular weight is 527 g/mol. The van der Waals surface area contributed by atoms with Crippen molar-refractivity contribution in [3.8, 4) is 11.4 Å². The molecule has 1 amide bonds. The molecular formula is C24H27Cl3FN5O. The zero-order chi connectivity index (χ0) is 22.3. The number of hydrogen-bond acceptors (Lipinski definition) is 4. The molecule has 0 atom stereocenters. The van der Waals surface area contributed by atoms with Gasteiger partial charge in [-0.3, -0.25) is 4.79 Å². The Labute approximate surface area is 215 Å². The van der Waals surface area contributed by atoms with E-state index in [4.69, 9.17) is 17.3 Å². The van der Waals surface area contributed by atoms with E-state index in [-0.39, 0.29) is 48.0 Å². The first kappa shape index (κ1) is 26.4. The highest BCUT2D eigenvalue weighted by Crippen LogP contribution is 2.41. The fourth-order valence-electron chi connectivity index (χ4n) is 5.20. The van der Waals surface area contributed by atoms with Gasteiger partial charge in [0, 0.05) is 41.7 Å². The van der Waals surface area contributed by atoms with Crippen molar-refractivity contribution in [3.05, 3.63) is 70.8 Å². The molecular weight excluding hydrogens is 500 g/mol. The monoisotopic (exact) mass is 525 g/mol. The Morgan fingerprint density at radius 3 is 2.41 bits per heavy atom. The lowest BCUT2D eigenvalue weighted by atomic mass is 9.68. The van der Waals surface area contributed by atoms with Gasteiger partial charge in [-0.25, -0.2) is 4.39 Å². The van der Waals surface area contributed by atoms with Crippen molar-refractivity contribution in [3.63, 3.8) is 0 Å². The molecule has 5 rings (SSSR count). The van der Waals surface area contributed by atoms with Gasteiger partial charge in [0.2, 0.25) is 5.82 Å². The van der Waals surface area contributed by atoms with Gasteiger partial charge in [0.1, 0.15) is 5.82 Å². The van der Waals surface area contributed by atoms with Gasteiger partial charge in [-0.05, 0) is 55.5 Å². The fraction of sp³-hybridized carbons (Fsp3) is 0.375. The third-order valence-electron chi connectivity index (χ3n) is 7.03. The van der Waals surface area contributed by atoms with Crippen LogP contribution in [0.5, 0.6) is 0 Å². The molecule has 0 unspecified atom stereocenters. The van der Waals surface area contributed by atoms with E-state index in [1.54, 1.807) is 16.7 Å². The van der Waals surface area contributed by atoms with Crippen LogP contribution in [0, 0.1) is 5.82 Å². The molecule has 10 heteroatoms. The number of nitrogens with two attached hydrogens (primary N) is 1. The highest BCUT2D eigenvalue weighted by Gasteiger charge is 2.40. The van der Waals surface area contributed by atoms with Crippen molar-refractivity contribution >= 4 is 42.3 Å². The second-order valence-electron chi connectivity index (χ2n) is 8.73. The number of amides is 1. The molecule has 1 aliphatic carbocycles. The summed E-state index contributed by atoms with van der Waals surface area (Å²) in [6.45, 7) is 1.73. The standard InChI is InChI=1S/C24H25ClFN5O.2ClH/c25-18-5-2-4-17(14-18)24(15-27)9-7-20(8-10-24)30-11-12-31-21(28-29-22(31)23(30)32)16-3-1-6-19(26)13-16;;/h1-6,13-14,20H,7-12,15,27H2;2*1H/t20-,24-;;. The van der Waals surface area contributed by atoms with Gasteiger partial charge in [-0.2, -0.15) is 0 Å². The molecule has 1 aliphatic heterocycles. The maximum absolute atomic E-state index is 13.7. The van der Waals surface area contributed by atoms with Crippen LogP contribution in [0.15, 0.2) is 48.5 Å². The number of benzene rings is 2. The summed E-state index contributed by atoms with van der Waals surface area (Å²) in [4.78, 5) is 15.2. The van der Waals surface area contributed by atoms with Crippen LogP contribution in [0.1, 0.15) is 41.9 Å². The molecule has 2 aliphatic rings. The Morgan fingerprint density at radius 2 is 1.74 bits per heavy atom. The Balaban J connectivity index is 0.00000162. The minimum Gasteiger partial charge on any atom is -0.331 e. The zero-order valence-corrected chi connectivity index (χ0v) is 20.9. The number of aromatic nitrogens is 3. The molecule has 3 aromatic rings. The van der Waals surface area contributed by atoms with E-state index >= 15 is 0 Å². The van der Waals surface area contributed by atoms with E-state index < -0.39 is 0 Å². The van der Waals surface area contributed by atoms with Crippen molar-refractivity contribution in [1.82, 2.24) is 19.7 Å². The van der Waals surface area contributed by atoms with Gasteiger partial charge >= 0.3 is 0 Å². The van der Waals surface area contributed by atoms with Crippen molar-refractivity contribution in [2.24, 2.45) is 5.73 Å². The molecule has 2 N–H and O–H groups in total. The third kappa shape index (κ3) is 4.67. The zero-order valence-electron chi connectivity index (χ0n) is 18.5. The smallest absolute Gasteiger partial charge is 0.292 e. The number of carbonyl (C=O) groups is 1. The highest BCUT2D eigenvalue weighted by molar-refractivity contribution is 6.30. The summed E-state index contributed by atoms with van der Waals surface area (Å²) in [5.41, 5.74) is 7.92. The SMILES string of the molecule is Cl.Cl.NC[C@]1(c2cccc(Cl)c2)CC[C@H](N2CCn3c(nnc3-c3cccc(F)c3)C2=O)CC1. The lowest BCUT2D eigenvalue weighted by molar-refractivity contribution is 0.0523. The number of carbonyl (C=O) groups excluding carboxylic acids is 1. The lowest BCUT2D eigenvalue weighted by Gasteiger charge is -2.44. The van der Waals surface area contributed by atoms with Crippen molar-refractivity contribution in [2.45, 2.75) is 43.7 Å². The number of nitrogens with zero attached hydrogens (tertiary/aromatic N) is 4. The van der Waals surface area contributed by atoms with Crippen molar-refractivity contribution in [2.75, 3.05) is 13.1 Å². The van der Waals surface area contributed by atoms with Crippen LogP contribution < -0.4 is 5.73 Å². The van der Waals surface area contributed by atoms with E-state index in [0.29, 0.717) is 36.8 Å². The molecule has 2 heterocycles. The molecule has 2 aromatic carbocycles. The summed E-state index contributed by atoms with van der Waals surface area (Å²) in [5.74, 6) is 0.397. The molecule has 0 saturated heterocycles. The molecule has 182 valence electrons. The van der Waals surface area contributed by atoms with Gasteiger partial charge < -0.3 is 15.2 Å². The lowest BCUT2D eigenvalue weighted by Crippen LogP contribution is -2.50. The summed E-state index contributed by atoms with van der Waals surface area (Å²) < 4.78 is 15.5. The summed E-state index contributed by atoms with van der Waals surface area (Å²) in [7, 11) is 0. The molecule has 1 aromatic heterocycles. The Bertz CT molecular complexity index is 1160. The van der Waals surface area contributed by atoms with Crippen LogP contribution in [0.25, 0.3) is 11.4 Å². The summed E-state index contributed by atoms with van der Waals surface area (Å²) in [5, 5.41) is 9.07. The first-order valence-corrected chi connectivity index (χ1v) is 11.3. The van der Waals surface area contributed by atoms with Crippen LogP contribution >= 0.6 is 36.4 Å². The largest absolute Gasteiger partial charge is 0.331 e. The highest BCUT2D eigenvalue weighted by atomic mass is 35.5. The van der Waals surface area contributed by atoms with Crippen molar-refractivity contribution < 1.29 is 9.18 Å². The summed E-state index contributed by atoms with van der Waals surface area (Å²) in [6, 6.07) is 14.3. The summed E-state index contributed by atoms with van der Waals surface area (Å²) >= 11 is 6.23. The van der Waals surface area contributed by atoms with Gasteiger partial charge in [0.05, 0.1) is 0 Å². The maximum Gasteiger partial charge on any atom is 0.292 e. The molecule has 0 bridgehead atoms. The molecule has 1 saturated carbocycles. The van der Waals surface area contributed by atoms with Crippen LogP contribution in [0.3, 0.4) is 0 Å². The van der Waals surface area contributed by atoms with Gasteiger partial charge in [-0.15, -0.1) is 35.0 Å². The maximum atomic E-state index is 13.7. The van der Waals surface area contributed by atoms with Gasteiger partial charge in [-0.1, -0.05) is 35.9 Å². The first-order valence-electron chi connectivity index (χ1n) is 11.0. The number of halogens is 4. The molecule has 6 nitrogen and oxygen atoms in total. The minimum atomic E-state index is -0.339. The topological polar surface area (TPSA) is 77.0 Å². The minimum absolute atomic E-state index is 0. The molecule has 1 fully saturated rings. The van der Waals surface area contributed by atoms with Crippen LogP contribution in [0.2, 0.25) is 5.02 Å². The second kappa shape index (κ2) is 10.6. The van der Waals surface area contributed by atoms with Crippen LogP contribution in [-0.2, 0) is 12.0 Å². The summed E-state index contributed by atoms with van der Waals surface area (Å²) in [6.07, 6.45) is 3.56. The first-order chi connectivity index (χ1) is 15.5. The van der Waals surface area contributed by atoms with Crippen LogP contribution in [0.4, 0.5) is 4.39 Å². The molecule has 34 heavy (non-hydrogen) atoms. The predicted molar refractivity (Wildman–Crippen MR) is 135 cm³/mol.